The van der Waals surface area contributed by atoms with E-state index in [2.05, 4.69) is 15.9 Å². The number of carbonyl (C=O) groups is 1. The van der Waals surface area contributed by atoms with Gasteiger partial charge in [-0.05, 0) is 38.0 Å². The number of ether oxygens (including phenoxy) is 2. The van der Waals surface area contributed by atoms with Crippen LogP contribution in [0.1, 0.15) is 49.4 Å². The van der Waals surface area contributed by atoms with Crippen LogP contribution in [0.15, 0.2) is 18.2 Å². The van der Waals surface area contributed by atoms with Crippen molar-refractivity contribution < 1.29 is 14.3 Å². The third kappa shape index (κ3) is 4.00. The zero-order valence-corrected chi connectivity index (χ0v) is 14.4. The highest BCUT2D eigenvalue weighted by molar-refractivity contribution is 9.09. The molecular weight excluding hydrogens is 332 g/mol. The summed E-state index contributed by atoms with van der Waals surface area (Å²) in [5.74, 6) is 1.38. The molecule has 3 nitrogen and oxygen atoms in total. The number of carbonyl (C=O) groups excluding carboxylic acids is 1. The maximum absolute atomic E-state index is 11.4. The Bertz CT molecular complexity index is 493. The predicted octanol–water partition coefficient (Wildman–Crippen LogP) is 4.62. The highest BCUT2D eigenvalue weighted by atomic mass is 79.9. The van der Waals surface area contributed by atoms with Gasteiger partial charge in [0, 0.05) is 16.3 Å². The van der Waals surface area contributed by atoms with Gasteiger partial charge in [0.05, 0.1) is 13.7 Å². The minimum atomic E-state index is 0.0315. The van der Waals surface area contributed by atoms with Crippen LogP contribution >= 0.6 is 15.9 Å². The van der Waals surface area contributed by atoms with Gasteiger partial charge >= 0.3 is 0 Å². The van der Waals surface area contributed by atoms with E-state index in [-0.39, 0.29) is 11.2 Å². The summed E-state index contributed by atoms with van der Waals surface area (Å²) in [7, 11) is 1.60. The molecule has 4 heteroatoms. The molecule has 21 heavy (non-hydrogen) atoms. The van der Waals surface area contributed by atoms with Crippen molar-refractivity contribution in [3.63, 3.8) is 0 Å². The Morgan fingerprint density at radius 1 is 1.24 bits per heavy atom. The Hall–Kier alpha value is -1.03. The third-order valence-electron chi connectivity index (χ3n) is 4.30. The molecule has 0 unspecified atom stereocenters. The largest absolute Gasteiger partial charge is 0.493 e. The van der Waals surface area contributed by atoms with E-state index in [4.69, 9.17) is 9.47 Å². The second kappa shape index (κ2) is 7.30. The van der Waals surface area contributed by atoms with E-state index >= 15 is 0 Å². The zero-order chi connectivity index (χ0) is 15.3. The summed E-state index contributed by atoms with van der Waals surface area (Å²) in [5.41, 5.74) is 0.870. The minimum absolute atomic E-state index is 0.0315. The van der Waals surface area contributed by atoms with E-state index in [9.17, 15) is 4.79 Å². The molecule has 0 spiro atoms. The normalized spacial score (nSPS) is 17.3. The Morgan fingerprint density at radius 3 is 2.52 bits per heavy atom. The first-order valence-electron chi connectivity index (χ1n) is 7.48. The van der Waals surface area contributed by atoms with E-state index in [1.54, 1.807) is 26.2 Å². The summed E-state index contributed by atoms with van der Waals surface area (Å²) >= 11 is 3.65. The fraction of sp³-hybridized carbons (Fsp3) is 0.588. The zero-order valence-electron chi connectivity index (χ0n) is 12.8. The molecule has 1 aromatic carbocycles. The van der Waals surface area contributed by atoms with Crippen molar-refractivity contribution in [1.29, 1.82) is 0 Å². The van der Waals surface area contributed by atoms with Gasteiger partial charge in [0.25, 0.3) is 0 Å². The average Bonchev–Trinajstić information content (AvgIpc) is 2.53. The van der Waals surface area contributed by atoms with Crippen LogP contribution in [0, 0.1) is 5.41 Å². The van der Waals surface area contributed by atoms with Crippen molar-refractivity contribution in [2.75, 3.05) is 19.0 Å². The number of alkyl halides is 1. The van der Waals surface area contributed by atoms with Gasteiger partial charge < -0.3 is 9.47 Å². The molecule has 1 saturated carbocycles. The number of halogens is 1. The van der Waals surface area contributed by atoms with Crippen molar-refractivity contribution in [3.05, 3.63) is 23.8 Å². The molecule has 0 saturated heterocycles. The molecule has 0 aromatic heterocycles. The molecule has 0 bridgehead atoms. The summed E-state index contributed by atoms with van der Waals surface area (Å²) in [4.78, 5) is 11.4. The SMILES string of the molecule is COc1cc(C(C)=O)ccc1OCC1(CBr)CCCCC1. The fourth-order valence-electron chi connectivity index (χ4n) is 2.85. The van der Waals surface area contributed by atoms with Crippen molar-refractivity contribution >= 4 is 21.7 Å². The Labute approximate surface area is 135 Å². The summed E-state index contributed by atoms with van der Waals surface area (Å²) in [6.45, 7) is 2.24. The van der Waals surface area contributed by atoms with Crippen molar-refractivity contribution in [1.82, 2.24) is 0 Å². The Balaban J connectivity index is 2.10. The van der Waals surface area contributed by atoms with Crippen LogP contribution in [0.4, 0.5) is 0 Å². The maximum Gasteiger partial charge on any atom is 0.161 e. The molecule has 0 N–H and O–H groups in total. The van der Waals surface area contributed by atoms with Crippen LogP contribution in [0.2, 0.25) is 0 Å². The predicted molar refractivity (Wildman–Crippen MR) is 87.8 cm³/mol. The highest BCUT2D eigenvalue weighted by Gasteiger charge is 2.32. The summed E-state index contributed by atoms with van der Waals surface area (Å²) in [5, 5.41) is 0.966. The number of benzene rings is 1. The number of hydrogen-bond acceptors (Lipinski definition) is 3. The molecule has 1 aliphatic carbocycles. The molecule has 1 aliphatic rings. The van der Waals surface area contributed by atoms with Crippen molar-refractivity contribution in [2.45, 2.75) is 39.0 Å². The molecular formula is C17H23BrO3. The van der Waals surface area contributed by atoms with Gasteiger partial charge in [-0.25, -0.2) is 0 Å². The first kappa shape index (κ1) is 16.3. The summed E-state index contributed by atoms with van der Waals surface area (Å²) in [6.07, 6.45) is 6.27. The first-order valence-corrected chi connectivity index (χ1v) is 8.60. The summed E-state index contributed by atoms with van der Waals surface area (Å²) in [6, 6.07) is 5.38. The maximum atomic E-state index is 11.4. The lowest BCUT2D eigenvalue weighted by molar-refractivity contribution is 0.101. The number of hydrogen-bond donors (Lipinski definition) is 0. The van der Waals surface area contributed by atoms with Crippen LogP contribution in [-0.2, 0) is 0 Å². The number of methoxy groups -OCH3 is 1. The van der Waals surface area contributed by atoms with Crippen LogP contribution in [0.3, 0.4) is 0 Å². The summed E-state index contributed by atoms with van der Waals surface area (Å²) < 4.78 is 11.4. The van der Waals surface area contributed by atoms with Crippen molar-refractivity contribution in [2.24, 2.45) is 5.41 Å². The molecule has 0 amide bonds. The van der Waals surface area contributed by atoms with Gasteiger partial charge in [-0.15, -0.1) is 0 Å². The number of ketones is 1. The topological polar surface area (TPSA) is 35.5 Å². The van der Waals surface area contributed by atoms with E-state index in [0.29, 0.717) is 23.7 Å². The standard InChI is InChI=1S/C17H23BrO3/c1-13(19)14-6-7-15(16(10-14)20-2)21-12-17(11-18)8-4-3-5-9-17/h6-7,10H,3-5,8-9,11-12H2,1-2H3. The molecule has 1 fully saturated rings. The second-order valence-electron chi connectivity index (χ2n) is 5.90. The van der Waals surface area contributed by atoms with Crippen LogP contribution < -0.4 is 9.47 Å². The minimum Gasteiger partial charge on any atom is -0.493 e. The smallest absolute Gasteiger partial charge is 0.161 e. The lowest BCUT2D eigenvalue weighted by atomic mass is 9.76. The highest BCUT2D eigenvalue weighted by Crippen LogP contribution is 2.39. The number of rotatable bonds is 6. The lowest BCUT2D eigenvalue weighted by Crippen LogP contribution is -2.32. The van der Waals surface area contributed by atoms with E-state index in [0.717, 1.165) is 5.33 Å². The first-order chi connectivity index (χ1) is 10.1. The van der Waals surface area contributed by atoms with Gasteiger partial charge in [-0.2, -0.15) is 0 Å². The molecule has 0 atom stereocenters. The lowest BCUT2D eigenvalue weighted by Gasteiger charge is -2.35. The van der Waals surface area contributed by atoms with Crippen LogP contribution in [0.25, 0.3) is 0 Å². The third-order valence-corrected chi connectivity index (χ3v) is 5.49. The van der Waals surface area contributed by atoms with Crippen LogP contribution in [0.5, 0.6) is 11.5 Å². The molecule has 0 radical (unpaired) electrons. The Kier molecular flexibility index (Phi) is 5.68. The molecule has 0 heterocycles. The van der Waals surface area contributed by atoms with Gasteiger partial charge in [0.15, 0.2) is 17.3 Å². The van der Waals surface area contributed by atoms with E-state index in [1.165, 1.54) is 32.1 Å². The van der Waals surface area contributed by atoms with Crippen molar-refractivity contribution in [3.8, 4) is 11.5 Å². The van der Waals surface area contributed by atoms with Gasteiger partial charge in [0.2, 0.25) is 0 Å². The fourth-order valence-corrected chi connectivity index (χ4v) is 3.58. The Morgan fingerprint density at radius 2 is 1.95 bits per heavy atom. The quantitative estimate of drug-likeness (QED) is 0.552. The van der Waals surface area contributed by atoms with Gasteiger partial charge in [-0.3, -0.25) is 4.79 Å². The van der Waals surface area contributed by atoms with Gasteiger partial charge in [-0.1, -0.05) is 35.2 Å². The number of Topliss-reactive ketones (excluding diaryl/α,β-unsaturated/α-hetero) is 1. The van der Waals surface area contributed by atoms with Gasteiger partial charge in [0.1, 0.15) is 0 Å². The molecule has 2 rings (SSSR count). The second-order valence-corrected chi connectivity index (χ2v) is 6.47. The molecule has 1 aromatic rings. The van der Waals surface area contributed by atoms with E-state index < -0.39 is 0 Å². The monoisotopic (exact) mass is 354 g/mol. The molecule has 0 aliphatic heterocycles. The van der Waals surface area contributed by atoms with E-state index in [1.807, 2.05) is 6.07 Å². The van der Waals surface area contributed by atoms with Crippen LogP contribution in [-0.4, -0.2) is 24.8 Å². The average molecular weight is 355 g/mol. The molecule has 116 valence electrons.